The van der Waals surface area contributed by atoms with Crippen LogP contribution in [0.15, 0.2) is 71.1 Å². The molecule has 1 heterocycles. The van der Waals surface area contributed by atoms with Gasteiger partial charge in [0.1, 0.15) is 22.7 Å². The molecule has 6 nitrogen and oxygen atoms in total. The molecule has 4 aromatic rings. The van der Waals surface area contributed by atoms with E-state index in [4.69, 9.17) is 25.5 Å². The van der Waals surface area contributed by atoms with E-state index in [0.717, 1.165) is 5.56 Å². The van der Waals surface area contributed by atoms with Gasteiger partial charge in [0.05, 0.1) is 12.2 Å². The molecule has 4 rings (SSSR count). The second-order valence-corrected chi connectivity index (χ2v) is 8.38. The average Bonchev–Trinajstić information content (AvgIpc) is 3.21. The molecule has 0 saturated carbocycles. The number of esters is 2. The molecule has 0 radical (unpaired) electrons. The standard InChI is InChI=1S/C27H24ClNO5.ClH/c1-4-32-27(31)24-23-20(16-29(2)3)21(34-26(30)18-10-12-19(28)13-11-18)14-15-22(23)33-25(24)17-8-6-5-7-9-17;/h5-15H,4,16H2,1-3H3;1H. The van der Waals surface area contributed by atoms with Gasteiger partial charge in [-0.25, -0.2) is 9.59 Å². The number of ether oxygens (including phenoxy) is 2. The zero-order valence-corrected chi connectivity index (χ0v) is 21.1. The maximum atomic E-state index is 13.1. The van der Waals surface area contributed by atoms with Crippen LogP contribution < -0.4 is 4.74 Å². The first kappa shape index (κ1) is 26.3. The van der Waals surface area contributed by atoms with Gasteiger partial charge in [0.2, 0.25) is 0 Å². The molecule has 0 atom stereocenters. The quantitative estimate of drug-likeness (QED) is 0.204. The molecule has 0 unspecified atom stereocenters. The lowest BCUT2D eigenvalue weighted by Crippen LogP contribution is -2.16. The predicted molar refractivity (Wildman–Crippen MR) is 139 cm³/mol. The van der Waals surface area contributed by atoms with Gasteiger partial charge in [0.25, 0.3) is 0 Å². The van der Waals surface area contributed by atoms with E-state index in [1.807, 2.05) is 49.3 Å². The van der Waals surface area contributed by atoms with Crippen LogP contribution in [0.2, 0.25) is 5.02 Å². The van der Waals surface area contributed by atoms with Crippen LogP contribution in [-0.2, 0) is 11.3 Å². The number of rotatable bonds is 7. The maximum absolute atomic E-state index is 13.1. The minimum absolute atomic E-state index is 0. The van der Waals surface area contributed by atoms with Crippen LogP contribution >= 0.6 is 24.0 Å². The number of furan rings is 1. The number of halogens is 2. The van der Waals surface area contributed by atoms with Gasteiger partial charge in [0, 0.05) is 28.1 Å². The Morgan fingerprint density at radius 2 is 1.63 bits per heavy atom. The normalized spacial score (nSPS) is 10.8. The van der Waals surface area contributed by atoms with Crippen molar-refractivity contribution in [3.63, 3.8) is 0 Å². The molecule has 0 amide bonds. The van der Waals surface area contributed by atoms with E-state index < -0.39 is 11.9 Å². The van der Waals surface area contributed by atoms with Crippen molar-refractivity contribution in [2.75, 3.05) is 20.7 Å². The van der Waals surface area contributed by atoms with E-state index in [1.165, 1.54) is 0 Å². The lowest BCUT2D eigenvalue weighted by atomic mass is 10.0. The first-order valence-corrected chi connectivity index (χ1v) is 11.2. The lowest BCUT2D eigenvalue weighted by molar-refractivity contribution is 0.0528. The average molecular weight is 514 g/mol. The van der Waals surface area contributed by atoms with Gasteiger partial charge < -0.3 is 18.8 Å². The van der Waals surface area contributed by atoms with Gasteiger partial charge >= 0.3 is 11.9 Å². The van der Waals surface area contributed by atoms with Crippen molar-refractivity contribution in [1.82, 2.24) is 4.90 Å². The van der Waals surface area contributed by atoms with Crippen LogP contribution in [0.25, 0.3) is 22.3 Å². The maximum Gasteiger partial charge on any atom is 0.343 e. The molecule has 0 aliphatic carbocycles. The molecule has 0 fully saturated rings. The van der Waals surface area contributed by atoms with E-state index in [-0.39, 0.29) is 19.0 Å². The van der Waals surface area contributed by atoms with E-state index in [9.17, 15) is 9.59 Å². The molecular weight excluding hydrogens is 489 g/mol. The Morgan fingerprint density at radius 1 is 0.943 bits per heavy atom. The van der Waals surface area contributed by atoms with Crippen LogP contribution in [0.1, 0.15) is 33.2 Å². The van der Waals surface area contributed by atoms with E-state index in [1.54, 1.807) is 43.3 Å². The smallest absolute Gasteiger partial charge is 0.343 e. The summed E-state index contributed by atoms with van der Waals surface area (Å²) in [4.78, 5) is 27.9. The van der Waals surface area contributed by atoms with Crippen molar-refractivity contribution in [3.8, 4) is 17.1 Å². The lowest BCUT2D eigenvalue weighted by Gasteiger charge is -2.16. The van der Waals surface area contributed by atoms with E-state index in [2.05, 4.69) is 0 Å². The fraction of sp³-hybridized carbons (Fsp3) is 0.185. The molecule has 0 bridgehead atoms. The van der Waals surface area contributed by atoms with Crippen molar-refractivity contribution < 1.29 is 23.5 Å². The number of carbonyl (C=O) groups excluding carboxylic acids is 2. The summed E-state index contributed by atoms with van der Waals surface area (Å²) in [7, 11) is 3.79. The molecule has 1 aromatic heterocycles. The minimum atomic E-state index is -0.527. The number of fused-ring (bicyclic) bond motifs is 1. The topological polar surface area (TPSA) is 69.0 Å². The number of benzene rings is 3. The summed E-state index contributed by atoms with van der Waals surface area (Å²) in [5.41, 5.74) is 2.58. The van der Waals surface area contributed by atoms with Crippen molar-refractivity contribution in [3.05, 3.63) is 88.4 Å². The number of hydrogen-bond donors (Lipinski definition) is 0. The van der Waals surface area contributed by atoms with Crippen LogP contribution in [0.3, 0.4) is 0 Å². The van der Waals surface area contributed by atoms with Crippen molar-refractivity contribution in [2.45, 2.75) is 13.5 Å². The first-order valence-electron chi connectivity index (χ1n) is 10.8. The van der Waals surface area contributed by atoms with Crippen LogP contribution in [0.5, 0.6) is 5.75 Å². The van der Waals surface area contributed by atoms with Gasteiger partial charge in [-0.1, -0.05) is 41.9 Å². The summed E-state index contributed by atoms with van der Waals surface area (Å²) in [6.45, 7) is 2.37. The fourth-order valence-electron chi connectivity index (χ4n) is 3.75. The Balaban J connectivity index is 0.00000342. The third kappa shape index (κ3) is 5.68. The van der Waals surface area contributed by atoms with Crippen molar-refractivity contribution in [2.24, 2.45) is 0 Å². The molecule has 3 aromatic carbocycles. The largest absolute Gasteiger partial charge is 0.462 e. The van der Waals surface area contributed by atoms with Crippen molar-refractivity contribution in [1.29, 1.82) is 0 Å². The van der Waals surface area contributed by atoms with Gasteiger partial charge in [0.15, 0.2) is 0 Å². The molecule has 0 aliphatic rings. The Morgan fingerprint density at radius 3 is 2.26 bits per heavy atom. The zero-order valence-electron chi connectivity index (χ0n) is 19.5. The van der Waals surface area contributed by atoms with E-state index >= 15 is 0 Å². The van der Waals surface area contributed by atoms with Gasteiger partial charge in [-0.05, 0) is 57.4 Å². The summed E-state index contributed by atoms with van der Waals surface area (Å²) >= 11 is 5.94. The minimum Gasteiger partial charge on any atom is -0.462 e. The molecule has 182 valence electrons. The van der Waals surface area contributed by atoms with Gasteiger partial charge in [-0.2, -0.15) is 0 Å². The van der Waals surface area contributed by atoms with Crippen LogP contribution in [-0.4, -0.2) is 37.5 Å². The van der Waals surface area contributed by atoms with Crippen LogP contribution in [0, 0.1) is 0 Å². The zero-order chi connectivity index (χ0) is 24.2. The Bertz CT molecular complexity index is 1330. The molecule has 0 spiro atoms. The highest BCUT2D eigenvalue weighted by Crippen LogP contribution is 2.40. The second kappa shape index (κ2) is 11.4. The summed E-state index contributed by atoms with van der Waals surface area (Å²) in [5.74, 6) is -0.274. The van der Waals surface area contributed by atoms with Gasteiger partial charge in [-0.3, -0.25) is 0 Å². The van der Waals surface area contributed by atoms with Crippen LogP contribution in [0.4, 0.5) is 0 Å². The molecular formula is C27H25Cl2NO5. The highest BCUT2D eigenvalue weighted by Gasteiger charge is 2.28. The predicted octanol–water partition coefficient (Wildman–Crippen LogP) is 6.63. The molecule has 8 heteroatoms. The Kier molecular flexibility index (Phi) is 8.57. The highest BCUT2D eigenvalue weighted by atomic mass is 35.5. The second-order valence-electron chi connectivity index (χ2n) is 7.94. The number of carbonyl (C=O) groups is 2. The summed E-state index contributed by atoms with van der Waals surface area (Å²) in [5, 5.41) is 1.09. The monoisotopic (exact) mass is 513 g/mol. The Hall–Kier alpha value is -3.32. The molecule has 0 N–H and O–H groups in total. The summed E-state index contributed by atoms with van der Waals surface area (Å²) in [6.07, 6.45) is 0. The van der Waals surface area contributed by atoms with Crippen molar-refractivity contribution >= 4 is 46.9 Å². The summed E-state index contributed by atoms with van der Waals surface area (Å²) in [6, 6.07) is 19.2. The third-order valence-corrected chi connectivity index (χ3v) is 5.45. The van der Waals surface area contributed by atoms with Gasteiger partial charge in [-0.15, -0.1) is 12.4 Å². The number of hydrogen-bond acceptors (Lipinski definition) is 6. The fourth-order valence-corrected chi connectivity index (χ4v) is 3.87. The highest BCUT2D eigenvalue weighted by molar-refractivity contribution is 6.30. The Labute approximate surface area is 214 Å². The number of nitrogens with zero attached hydrogens (tertiary/aromatic N) is 1. The van der Waals surface area contributed by atoms with E-state index in [0.29, 0.717) is 50.7 Å². The molecule has 0 aliphatic heterocycles. The SMILES string of the molecule is CCOC(=O)c1c(-c2ccccc2)oc2ccc(OC(=O)c3ccc(Cl)cc3)c(CN(C)C)c12.Cl. The molecule has 0 saturated heterocycles. The third-order valence-electron chi connectivity index (χ3n) is 5.19. The summed E-state index contributed by atoms with van der Waals surface area (Å²) < 4.78 is 17.3. The first-order chi connectivity index (χ1) is 16.4. The molecule has 35 heavy (non-hydrogen) atoms.